The summed E-state index contributed by atoms with van der Waals surface area (Å²) < 4.78 is 0. The Kier molecular flexibility index (Phi) is 3.53. The standard InChI is InChI=1S/C11H11BrN2O/c12-11-8-13-6-7-14(11)15-9-10-4-2-1-3-5-10/h1-8,11H,9H2. The largest absolute Gasteiger partial charge is 0.268 e. The topological polar surface area (TPSA) is 24.8 Å². The molecular formula is C11H11BrN2O. The first-order valence-corrected chi connectivity index (χ1v) is 5.57. The summed E-state index contributed by atoms with van der Waals surface area (Å²) in [6.45, 7) is 0.557. The summed E-state index contributed by atoms with van der Waals surface area (Å²) in [6.07, 6.45) is 5.26. The second-order valence-corrected chi connectivity index (χ2v) is 4.03. The highest BCUT2D eigenvalue weighted by Gasteiger charge is 2.12. The normalized spacial score (nSPS) is 19.5. The minimum Gasteiger partial charge on any atom is -0.268 e. The van der Waals surface area contributed by atoms with Crippen molar-refractivity contribution in [2.24, 2.45) is 4.99 Å². The Morgan fingerprint density at radius 2 is 2.13 bits per heavy atom. The van der Waals surface area contributed by atoms with E-state index >= 15 is 0 Å². The van der Waals surface area contributed by atoms with Gasteiger partial charge in [0.25, 0.3) is 0 Å². The molecule has 0 aromatic heterocycles. The highest BCUT2D eigenvalue weighted by atomic mass is 79.9. The van der Waals surface area contributed by atoms with E-state index in [1.807, 2.05) is 30.3 Å². The number of hydroxylamine groups is 2. The van der Waals surface area contributed by atoms with Gasteiger partial charge in [0, 0.05) is 18.6 Å². The molecule has 4 heteroatoms. The molecule has 0 fully saturated rings. The molecule has 0 saturated heterocycles. The van der Waals surface area contributed by atoms with Crippen molar-refractivity contribution in [3.63, 3.8) is 0 Å². The number of nitrogens with zero attached hydrogens (tertiary/aromatic N) is 2. The monoisotopic (exact) mass is 266 g/mol. The van der Waals surface area contributed by atoms with Gasteiger partial charge in [-0.15, -0.1) is 0 Å². The maximum atomic E-state index is 5.59. The summed E-state index contributed by atoms with van der Waals surface area (Å²) in [4.78, 5) is 9.58. The van der Waals surface area contributed by atoms with Crippen LogP contribution in [0, 0.1) is 0 Å². The number of hydrogen-bond acceptors (Lipinski definition) is 3. The van der Waals surface area contributed by atoms with Crippen LogP contribution in [-0.4, -0.2) is 16.2 Å². The SMILES string of the molecule is BrC1C=NC=CN1OCc1ccccc1. The summed E-state index contributed by atoms with van der Waals surface area (Å²) in [6, 6.07) is 10.1. The molecular weight excluding hydrogens is 256 g/mol. The Bertz CT molecular complexity index is 364. The summed E-state index contributed by atoms with van der Waals surface area (Å²) in [7, 11) is 0. The van der Waals surface area contributed by atoms with Crippen LogP contribution in [0.5, 0.6) is 0 Å². The first-order valence-electron chi connectivity index (χ1n) is 4.65. The number of hydrogen-bond donors (Lipinski definition) is 0. The lowest BCUT2D eigenvalue weighted by molar-refractivity contribution is -0.127. The van der Waals surface area contributed by atoms with Crippen LogP contribution in [0.1, 0.15) is 5.56 Å². The molecule has 0 bridgehead atoms. The number of aliphatic imine (C=N–C) groups is 1. The zero-order valence-corrected chi connectivity index (χ0v) is 9.67. The van der Waals surface area contributed by atoms with E-state index in [1.165, 1.54) is 0 Å². The molecule has 78 valence electrons. The third-order valence-corrected chi connectivity index (χ3v) is 2.61. The van der Waals surface area contributed by atoms with Crippen molar-refractivity contribution in [2.45, 2.75) is 11.6 Å². The molecule has 15 heavy (non-hydrogen) atoms. The molecule has 0 aliphatic carbocycles. The minimum atomic E-state index is 0.00575. The van der Waals surface area contributed by atoms with Crippen LogP contribution in [0.2, 0.25) is 0 Å². The third kappa shape index (κ3) is 2.91. The molecule has 1 aliphatic heterocycles. The summed E-state index contributed by atoms with van der Waals surface area (Å²) in [5.41, 5.74) is 1.15. The number of alkyl halides is 1. The van der Waals surface area contributed by atoms with Crippen molar-refractivity contribution in [3.8, 4) is 0 Å². The molecule has 0 amide bonds. The van der Waals surface area contributed by atoms with E-state index in [2.05, 4.69) is 20.9 Å². The minimum absolute atomic E-state index is 0.00575. The van der Waals surface area contributed by atoms with Crippen LogP contribution < -0.4 is 0 Å². The highest BCUT2D eigenvalue weighted by Crippen LogP contribution is 2.12. The van der Waals surface area contributed by atoms with Gasteiger partial charge in [0.15, 0.2) is 0 Å². The van der Waals surface area contributed by atoms with Gasteiger partial charge in [-0.05, 0) is 5.56 Å². The van der Waals surface area contributed by atoms with Gasteiger partial charge in [-0.1, -0.05) is 46.3 Å². The molecule has 0 N–H and O–H groups in total. The molecule has 1 heterocycles. The van der Waals surface area contributed by atoms with Gasteiger partial charge in [0.2, 0.25) is 0 Å². The van der Waals surface area contributed by atoms with Crippen molar-refractivity contribution in [1.29, 1.82) is 0 Å². The maximum absolute atomic E-state index is 5.59. The van der Waals surface area contributed by atoms with Crippen LogP contribution in [0.25, 0.3) is 0 Å². The molecule has 1 aliphatic rings. The van der Waals surface area contributed by atoms with Gasteiger partial charge in [0.05, 0.1) is 6.61 Å². The molecule has 1 atom stereocenters. The maximum Gasteiger partial charge on any atom is 0.145 e. The Morgan fingerprint density at radius 3 is 2.87 bits per heavy atom. The van der Waals surface area contributed by atoms with Gasteiger partial charge < -0.3 is 0 Å². The fraction of sp³-hybridized carbons (Fsp3) is 0.182. The van der Waals surface area contributed by atoms with Crippen LogP contribution in [0.3, 0.4) is 0 Å². The van der Waals surface area contributed by atoms with E-state index < -0.39 is 0 Å². The van der Waals surface area contributed by atoms with Crippen molar-refractivity contribution < 1.29 is 4.84 Å². The molecule has 3 nitrogen and oxygen atoms in total. The highest BCUT2D eigenvalue weighted by molar-refractivity contribution is 9.09. The van der Waals surface area contributed by atoms with Crippen LogP contribution >= 0.6 is 15.9 Å². The van der Waals surface area contributed by atoms with Gasteiger partial charge in [-0.25, -0.2) is 5.06 Å². The average Bonchev–Trinajstić information content (AvgIpc) is 2.29. The molecule has 2 rings (SSSR count). The average molecular weight is 267 g/mol. The Labute approximate surface area is 97.2 Å². The van der Waals surface area contributed by atoms with E-state index in [0.29, 0.717) is 6.61 Å². The van der Waals surface area contributed by atoms with E-state index in [1.54, 1.807) is 23.7 Å². The van der Waals surface area contributed by atoms with Crippen molar-refractivity contribution in [1.82, 2.24) is 5.06 Å². The van der Waals surface area contributed by atoms with Gasteiger partial charge in [0.1, 0.15) is 4.95 Å². The number of halogens is 1. The Hall–Kier alpha value is -1.13. The predicted octanol–water partition coefficient (Wildman–Crippen LogP) is 2.70. The summed E-state index contributed by atoms with van der Waals surface area (Å²) in [5, 5.41) is 1.72. The summed E-state index contributed by atoms with van der Waals surface area (Å²) in [5.74, 6) is 0. The number of benzene rings is 1. The first-order chi connectivity index (χ1) is 7.36. The first kappa shape index (κ1) is 10.4. The predicted molar refractivity (Wildman–Crippen MR) is 63.4 cm³/mol. The molecule has 0 radical (unpaired) electrons. The van der Waals surface area contributed by atoms with Gasteiger partial charge in [-0.3, -0.25) is 9.83 Å². The Morgan fingerprint density at radius 1 is 1.33 bits per heavy atom. The molecule has 0 saturated carbocycles. The Balaban J connectivity index is 1.89. The van der Waals surface area contributed by atoms with Crippen LogP contribution in [0.4, 0.5) is 0 Å². The van der Waals surface area contributed by atoms with Crippen molar-refractivity contribution >= 4 is 22.1 Å². The smallest absolute Gasteiger partial charge is 0.145 e. The quantitative estimate of drug-likeness (QED) is 0.621. The van der Waals surface area contributed by atoms with Crippen LogP contribution in [-0.2, 0) is 11.4 Å². The van der Waals surface area contributed by atoms with Gasteiger partial charge >= 0.3 is 0 Å². The lowest BCUT2D eigenvalue weighted by Crippen LogP contribution is -2.28. The lowest BCUT2D eigenvalue weighted by Gasteiger charge is -2.24. The molecule has 0 spiro atoms. The zero-order valence-electron chi connectivity index (χ0n) is 8.08. The molecule has 1 aromatic carbocycles. The van der Waals surface area contributed by atoms with E-state index in [4.69, 9.17) is 4.84 Å². The summed E-state index contributed by atoms with van der Waals surface area (Å²) >= 11 is 3.43. The fourth-order valence-corrected chi connectivity index (χ4v) is 1.60. The number of rotatable bonds is 3. The zero-order chi connectivity index (χ0) is 10.5. The van der Waals surface area contributed by atoms with E-state index in [9.17, 15) is 0 Å². The fourth-order valence-electron chi connectivity index (χ4n) is 1.21. The van der Waals surface area contributed by atoms with E-state index in [-0.39, 0.29) is 4.95 Å². The van der Waals surface area contributed by atoms with Crippen molar-refractivity contribution in [2.75, 3.05) is 0 Å². The van der Waals surface area contributed by atoms with E-state index in [0.717, 1.165) is 5.56 Å². The van der Waals surface area contributed by atoms with Crippen LogP contribution in [0.15, 0.2) is 47.7 Å². The lowest BCUT2D eigenvalue weighted by atomic mass is 10.2. The van der Waals surface area contributed by atoms with Gasteiger partial charge in [-0.2, -0.15) is 0 Å². The molecule has 1 aromatic rings. The third-order valence-electron chi connectivity index (χ3n) is 1.97. The second kappa shape index (κ2) is 5.09. The van der Waals surface area contributed by atoms with Crippen molar-refractivity contribution in [3.05, 3.63) is 48.3 Å². The second-order valence-electron chi connectivity index (χ2n) is 3.09. The molecule has 1 unspecified atom stereocenters.